The van der Waals surface area contributed by atoms with Crippen molar-refractivity contribution in [2.24, 2.45) is 0 Å². The summed E-state index contributed by atoms with van der Waals surface area (Å²) in [5.41, 5.74) is 0. The Labute approximate surface area is 199 Å². The molecule has 0 bridgehead atoms. The van der Waals surface area contributed by atoms with Crippen molar-refractivity contribution in [2.75, 3.05) is 57.6 Å². The molecule has 0 spiro atoms. The molecule has 0 aromatic rings. The predicted molar refractivity (Wildman–Crippen MR) is 111 cm³/mol. The van der Waals surface area contributed by atoms with Crippen LogP contribution >= 0.6 is 38.0 Å². The summed E-state index contributed by atoms with van der Waals surface area (Å²) in [5.74, 6) is 0. The first-order valence-corrected chi connectivity index (χ1v) is 17.2. The fraction of sp³-hybridized carbons (Fsp3) is 1.00. The van der Waals surface area contributed by atoms with E-state index in [0.29, 0.717) is 9.80 Å². The molecule has 0 aromatic carbocycles. The summed E-state index contributed by atoms with van der Waals surface area (Å²) in [6.07, 6.45) is -5.56. The van der Waals surface area contributed by atoms with Crippen molar-refractivity contribution in [3.63, 3.8) is 0 Å². The Morgan fingerprint density at radius 2 is 0.667 bits per heavy atom. The van der Waals surface area contributed by atoms with E-state index in [1.165, 1.54) is 0 Å². The first-order valence-electron chi connectivity index (χ1n) is 8.31. The van der Waals surface area contributed by atoms with Crippen LogP contribution in [0.4, 0.5) is 0 Å². The van der Waals surface area contributed by atoms with Crippen molar-refractivity contribution in [3.05, 3.63) is 0 Å². The third kappa shape index (κ3) is 24.6. The molecule has 0 aliphatic heterocycles. The quantitative estimate of drug-likeness (QED) is 0.0619. The average Bonchev–Trinajstić information content (AvgIpc) is 2.41. The molecular formula is C9H26AlN3O15P5. The summed E-state index contributed by atoms with van der Waals surface area (Å²) in [6, 6.07) is 0. The molecule has 0 aromatic heterocycles. The second kappa shape index (κ2) is 14.2. The second-order valence-electron chi connectivity index (χ2n) is 6.88. The minimum atomic E-state index is -5.23. The van der Waals surface area contributed by atoms with E-state index in [0.717, 1.165) is 4.90 Å². The minimum Gasteiger partial charge on any atom is -0.810 e. The van der Waals surface area contributed by atoms with Crippen LogP contribution in [0.5, 0.6) is 0 Å². The van der Waals surface area contributed by atoms with E-state index in [4.69, 9.17) is 39.1 Å². The zero-order valence-corrected chi connectivity index (χ0v) is 22.6. The van der Waals surface area contributed by atoms with Gasteiger partial charge in [0.2, 0.25) is 0 Å². The van der Waals surface area contributed by atoms with Crippen molar-refractivity contribution < 1.29 is 71.8 Å². The Balaban J connectivity index is 0. The minimum absolute atomic E-state index is 0. The number of rotatable bonds is 16. The van der Waals surface area contributed by atoms with Gasteiger partial charge in [-0.1, -0.05) is 7.60 Å². The molecule has 0 amide bonds. The Morgan fingerprint density at radius 3 is 0.848 bits per heavy atom. The summed E-state index contributed by atoms with van der Waals surface area (Å²) < 4.78 is 55.8. The molecule has 33 heavy (non-hydrogen) atoms. The molecule has 0 rings (SSSR count). The van der Waals surface area contributed by atoms with Crippen LogP contribution in [-0.4, -0.2) is 129 Å². The Morgan fingerprint density at radius 1 is 0.455 bits per heavy atom. The molecule has 0 fully saturated rings. The molecule has 0 unspecified atom stereocenters. The van der Waals surface area contributed by atoms with Crippen LogP contribution in [-0.2, 0) is 22.8 Å². The molecule has 0 aliphatic rings. The molecule has 24 heteroatoms. The largest absolute Gasteiger partial charge is 2.00 e. The maximum atomic E-state index is 11.2. The van der Waals surface area contributed by atoms with E-state index in [1.54, 1.807) is 0 Å². The molecule has 0 saturated heterocycles. The smallest absolute Gasteiger partial charge is 0.810 e. The summed E-state index contributed by atoms with van der Waals surface area (Å²) >= 11 is 0. The van der Waals surface area contributed by atoms with Gasteiger partial charge in [-0.05, 0) is 0 Å². The van der Waals surface area contributed by atoms with E-state index >= 15 is 0 Å². The first-order chi connectivity index (χ1) is 13.9. The third-order valence-corrected chi connectivity index (χ3v) is 7.20. The van der Waals surface area contributed by atoms with E-state index < -0.39 is 95.6 Å². The van der Waals surface area contributed by atoms with Gasteiger partial charge in [0.05, 0.1) is 0 Å². The topological polar surface area (TPSA) is 303 Å². The van der Waals surface area contributed by atoms with Crippen molar-refractivity contribution in [1.82, 2.24) is 14.7 Å². The maximum absolute atomic E-state index is 11.2. The van der Waals surface area contributed by atoms with Gasteiger partial charge in [-0.15, -0.1) is 0 Å². The molecule has 8 N–H and O–H groups in total. The van der Waals surface area contributed by atoms with Gasteiger partial charge in [0.25, 0.3) is 0 Å². The zero-order valence-electron chi connectivity index (χ0n) is 17.0. The number of hydrogen-bond donors (Lipinski definition) is 8. The van der Waals surface area contributed by atoms with Gasteiger partial charge >= 0.3 is 47.7 Å². The van der Waals surface area contributed by atoms with Crippen LogP contribution in [0.25, 0.3) is 0 Å². The Bertz CT molecular complexity index is 727. The van der Waals surface area contributed by atoms with Gasteiger partial charge in [-0.3, -0.25) is 33.0 Å². The van der Waals surface area contributed by atoms with Crippen molar-refractivity contribution in [2.45, 2.75) is 0 Å². The first kappa shape index (κ1) is 36.3. The van der Waals surface area contributed by atoms with Gasteiger partial charge in [-0.25, -0.2) is 0 Å². The summed E-state index contributed by atoms with van der Waals surface area (Å²) in [7, 11) is -24.4. The summed E-state index contributed by atoms with van der Waals surface area (Å²) in [4.78, 5) is 96.7. The van der Waals surface area contributed by atoms with E-state index in [9.17, 15) is 32.6 Å². The SMILES string of the molecule is O=P([O-])([O-])CN(CCN(CP(=O)(O)O)CP(=O)(O)O)CCN(CP(=O)(O)O)CP(=O)(O)O.[Al+2]. The van der Waals surface area contributed by atoms with Gasteiger partial charge in [-0.2, -0.15) is 0 Å². The van der Waals surface area contributed by atoms with Crippen molar-refractivity contribution >= 4 is 55.3 Å². The van der Waals surface area contributed by atoms with E-state index in [-0.39, 0.29) is 17.4 Å². The van der Waals surface area contributed by atoms with Crippen LogP contribution < -0.4 is 9.79 Å². The molecule has 0 heterocycles. The number of nitrogens with zero attached hydrogens (tertiary/aromatic N) is 3. The van der Waals surface area contributed by atoms with Crippen LogP contribution in [0.2, 0.25) is 0 Å². The number of hydrogen-bond acceptors (Lipinski definition) is 10. The zero-order chi connectivity index (χ0) is 25.6. The van der Waals surface area contributed by atoms with Crippen LogP contribution in [0, 0.1) is 0 Å². The van der Waals surface area contributed by atoms with Gasteiger partial charge in [0, 0.05) is 32.5 Å². The molecule has 0 atom stereocenters. The standard InChI is InChI=1S/C9H28N3O15P5.Al/c13-28(14,15)5-10(1-3-11(6-29(16,17)18)7-30(19,20)21)2-4-12(8-31(22,23)24)9-32(25,26)27;/h1-9H2,(H2,13,14,15)(H2,16,17,18)(H2,19,20,21)(H2,22,23,24)(H2,25,26,27);/q;+2/p-2. The molecule has 0 aliphatic carbocycles. The van der Waals surface area contributed by atoms with Crippen molar-refractivity contribution in [1.29, 1.82) is 0 Å². The maximum Gasteiger partial charge on any atom is 2.00 e. The summed E-state index contributed by atoms with van der Waals surface area (Å²) in [6.45, 7) is -2.05. The molecular weight excluding hydrogens is 572 g/mol. The van der Waals surface area contributed by atoms with Crippen LogP contribution in [0.1, 0.15) is 0 Å². The Hall–Kier alpha value is 1.16. The average molecular weight is 598 g/mol. The van der Waals surface area contributed by atoms with E-state index in [1.807, 2.05) is 0 Å². The predicted octanol–water partition coefficient (Wildman–Crippen LogP) is -4.08. The normalized spacial score (nSPS) is 14.2. The van der Waals surface area contributed by atoms with Crippen LogP contribution in [0.15, 0.2) is 0 Å². The molecule has 0 saturated carbocycles. The monoisotopic (exact) mass is 598 g/mol. The summed E-state index contributed by atoms with van der Waals surface area (Å²) in [5, 5.41) is 0. The second-order valence-corrected chi connectivity index (χ2v) is 14.8. The molecule has 1 radical (unpaired) electrons. The molecule has 18 nitrogen and oxygen atoms in total. The van der Waals surface area contributed by atoms with Gasteiger partial charge in [0.1, 0.15) is 25.1 Å². The fourth-order valence-electron chi connectivity index (χ4n) is 2.48. The third-order valence-electron chi connectivity index (χ3n) is 3.38. The van der Waals surface area contributed by atoms with Gasteiger partial charge < -0.3 is 53.5 Å². The van der Waals surface area contributed by atoms with Crippen LogP contribution in [0.3, 0.4) is 0 Å². The van der Waals surface area contributed by atoms with E-state index in [2.05, 4.69) is 0 Å². The van der Waals surface area contributed by atoms with Gasteiger partial charge in [0.15, 0.2) is 0 Å². The fourth-order valence-corrected chi connectivity index (χ4v) is 6.62. The molecule has 195 valence electrons. The Kier molecular flexibility index (Phi) is 15.6. The van der Waals surface area contributed by atoms with Crippen molar-refractivity contribution in [3.8, 4) is 0 Å².